The summed E-state index contributed by atoms with van der Waals surface area (Å²) < 4.78 is 13.1. The van der Waals surface area contributed by atoms with Gasteiger partial charge in [-0.05, 0) is 46.5 Å². The Hall–Kier alpha value is -1.67. The Labute approximate surface area is 96.5 Å². The fourth-order valence-electron chi connectivity index (χ4n) is 1.86. The average molecular weight is 232 g/mol. The van der Waals surface area contributed by atoms with Gasteiger partial charge in [0.05, 0.1) is 0 Å². The zero-order chi connectivity index (χ0) is 11.1. The van der Waals surface area contributed by atoms with Crippen LogP contribution in [0, 0.1) is 5.82 Å². The number of hydrogen-bond acceptors (Lipinski definition) is 1. The van der Waals surface area contributed by atoms with Crippen molar-refractivity contribution in [2.75, 3.05) is 0 Å². The molecule has 0 atom stereocenters. The number of hydrogen-bond donors (Lipinski definition) is 0. The molecule has 0 unspecified atom stereocenters. The van der Waals surface area contributed by atoms with Gasteiger partial charge in [-0.3, -0.25) is 0 Å². The Morgan fingerprint density at radius 3 is 2.69 bits per heavy atom. The maximum absolute atomic E-state index is 13.1. The number of fused-ring (bicyclic) bond motifs is 2. The highest BCUT2D eigenvalue weighted by Gasteiger charge is 2.02. The van der Waals surface area contributed by atoms with Gasteiger partial charge in [0, 0.05) is 11.6 Å². The summed E-state index contributed by atoms with van der Waals surface area (Å²) in [7, 11) is 0. The van der Waals surface area contributed by atoms with E-state index in [-0.39, 0.29) is 5.82 Å². The molecule has 0 bridgehead atoms. The molecule has 0 N–H and O–H groups in total. The predicted molar refractivity (Wildman–Crippen MR) is 64.2 cm³/mol. The molecule has 0 radical (unpaired) electrons. The number of aromatic nitrogens is 1. The zero-order valence-corrected chi connectivity index (χ0v) is 9.00. The summed E-state index contributed by atoms with van der Waals surface area (Å²) in [6.07, 6.45) is 1.65. The van der Waals surface area contributed by atoms with Crippen molar-refractivity contribution in [3.05, 3.63) is 53.6 Å². The Balaban J connectivity index is 2.49. The van der Waals surface area contributed by atoms with Crippen LogP contribution in [0.4, 0.5) is 4.39 Å². The summed E-state index contributed by atoms with van der Waals surface area (Å²) in [6.45, 7) is 0. The number of halogens is 2. The van der Waals surface area contributed by atoms with Crippen LogP contribution in [0.5, 0.6) is 0 Å². The highest BCUT2D eigenvalue weighted by molar-refractivity contribution is 6.34. The van der Waals surface area contributed by atoms with Crippen molar-refractivity contribution in [2.24, 2.45) is 0 Å². The van der Waals surface area contributed by atoms with Crippen molar-refractivity contribution in [3.8, 4) is 0 Å². The molecule has 1 heterocycles. The third kappa shape index (κ3) is 1.42. The van der Waals surface area contributed by atoms with E-state index in [2.05, 4.69) is 4.98 Å². The second kappa shape index (κ2) is 3.42. The van der Waals surface area contributed by atoms with E-state index in [1.54, 1.807) is 12.3 Å². The molecular formula is C13H7ClFN. The monoisotopic (exact) mass is 231 g/mol. The van der Waals surface area contributed by atoms with Gasteiger partial charge in [0.1, 0.15) is 11.0 Å². The van der Waals surface area contributed by atoms with Crippen LogP contribution in [0.2, 0.25) is 5.15 Å². The van der Waals surface area contributed by atoms with Crippen LogP contribution in [0.3, 0.4) is 0 Å². The highest BCUT2D eigenvalue weighted by Crippen LogP contribution is 2.27. The van der Waals surface area contributed by atoms with Crippen LogP contribution in [-0.4, -0.2) is 4.98 Å². The standard InChI is InChI=1S/C13H7ClFN/c14-13-12-7-8-1-2-11(15)6-10(8)5-9(12)3-4-16-13/h1-7H. The Bertz CT molecular complexity index is 693. The number of rotatable bonds is 0. The topological polar surface area (TPSA) is 12.9 Å². The third-order valence-electron chi connectivity index (χ3n) is 2.63. The normalized spacial score (nSPS) is 11.1. The molecular weight excluding hydrogens is 225 g/mol. The minimum atomic E-state index is -0.230. The van der Waals surface area contributed by atoms with Gasteiger partial charge in [-0.1, -0.05) is 17.7 Å². The lowest BCUT2D eigenvalue weighted by atomic mass is 10.1. The van der Waals surface area contributed by atoms with Crippen LogP contribution in [0.1, 0.15) is 0 Å². The smallest absolute Gasteiger partial charge is 0.136 e. The molecule has 0 fully saturated rings. The quantitative estimate of drug-likeness (QED) is 0.418. The lowest BCUT2D eigenvalue weighted by Crippen LogP contribution is -1.81. The summed E-state index contributed by atoms with van der Waals surface area (Å²) in [5.74, 6) is -0.230. The van der Waals surface area contributed by atoms with Gasteiger partial charge in [-0.15, -0.1) is 0 Å². The van der Waals surface area contributed by atoms with Crippen LogP contribution < -0.4 is 0 Å². The number of benzene rings is 2. The van der Waals surface area contributed by atoms with E-state index in [9.17, 15) is 4.39 Å². The van der Waals surface area contributed by atoms with Crippen molar-refractivity contribution in [1.82, 2.24) is 4.98 Å². The molecule has 0 saturated heterocycles. The SMILES string of the molecule is Fc1ccc2cc3c(Cl)nccc3cc2c1. The Morgan fingerprint density at radius 2 is 1.81 bits per heavy atom. The molecule has 0 aliphatic carbocycles. The average Bonchev–Trinajstić information content (AvgIpc) is 2.27. The van der Waals surface area contributed by atoms with E-state index >= 15 is 0 Å². The van der Waals surface area contributed by atoms with Crippen LogP contribution >= 0.6 is 11.6 Å². The van der Waals surface area contributed by atoms with Gasteiger partial charge >= 0.3 is 0 Å². The van der Waals surface area contributed by atoms with Gasteiger partial charge in [0.15, 0.2) is 0 Å². The lowest BCUT2D eigenvalue weighted by molar-refractivity contribution is 0.630. The molecule has 0 amide bonds. The first-order valence-electron chi connectivity index (χ1n) is 4.87. The van der Waals surface area contributed by atoms with Crippen LogP contribution in [0.15, 0.2) is 42.6 Å². The molecule has 78 valence electrons. The molecule has 3 rings (SSSR count). The first-order chi connectivity index (χ1) is 7.74. The van der Waals surface area contributed by atoms with Crippen molar-refractivity contribution >= 4 is 33.1 Å². The van der Waals surface area contributed by atoms with Gasteiger partial charge in [0.2, 0.25) is 0 Å². The Morgan fingerprint density at radius 1 is 0.938 bits per heavy atom. The molecule has 2 aromatic carbocycles. The van der Waals surface area contributed by atoms with E-state index in [0.717, 1.165) is 21.5 Å². The molecule has 3 heteroatoms. The zero-order valence-electron chi connectivity index (χ0n) is 8.24. The Kier molecular flexibility index (Phi) is 2.04. The molecule has 0 aliphatic heterocycles. The van der Waals surface area contributed by atoms with Crippen molar-refractivity contribution in [3.63, 3.8) is 0 Å². The second-order valence-corrected chi connectivity index (χ2v) is 4.02. The lowest BCUT2D eigenvalue weighted by Gasteiger charge is -2.03. The second-order valence-electron chi connectivity index (χ2n) is 3.67. The van der Waals surface area contributed by atoms with Crippen LogP contribution in [-0.2, 0) is 0 Å². The van der Waals surface area contributed by atoms with Crippen molar-refractivity contribution in [1.29, 1.82) is 0 Å². The van der Waals surface area contributed by atoms with E-state index in [0.29, 0.717) is 5.15 Å². The van der Waals surface area contributed by atoms with E-state index in [1.165, 1.54) is 12.1 Å². The molecule has 1 nitrogen and oxygen atoms in total. The predicted octanol–water partition coefficient (Wildman–Crippen LogP) is 4.18. The largest absolute Gasteiger partial charge is 0.244 e. The molecule has 0 spiro atoms. The summed E-state index contributed by atoms with van der Waals surface area (Å²) >= 11 is 6.00. The van der Waals surface area contributed by atoms with E-state index in [4.69, 9.17) is 11.6 Å². The van der Waals surface area contributed by atoms with Crippen molar-refractivity contribution in [2.45, 2.75) is 0 Å². The molecule has 16 heavy (non-hydrogen) atoms. The first-order valence-corrected chi connectivity index (χ1v) is 5.25. The molecule has 1 aromatic heterocycles. The minimum Gasteiger partial charge on any atom is -0.244 e. The van der Waals surface area contributed by atoms with Gasteiger partial charge in [-0.25, -0.2) is 9.37 Å². The molecule has 3 aromatic rings. The maximum Gasteiger partial charge on any atom is 0.136 e. The number of nitrogens with zero attached hydrogens (tertiary/aromatic N) is 1. The highest BCUT2D eigenvalue weighted by atomic mass is 35.5. The summed E-state index contributed by atoms with van der Waals surface area (Å²) in [6, 6.07) is 10.4. The van der Waals surface area contributed by atoms with Crippen LogP contribution in [0.25, 0.3) is 21.5 Å². The fourth-order valence-corrected chi connectivity index (χ4v) is 2.08. The van der Waals surface area contributed by atoms with Gasteiger partial charge in [0.25, 0.3) is 0 Å². The third-order valence-corrected chi connectivity index (χ3v) is 2.94. The van der Waals surface area contributed by atoms with E-state index < -0.39 is 0 Å². The summed E-state index contributed by atoms with van der Waals surface area (Å²) in [5.41, 5.74) is 0. The summed E-state index contributed by atoms with van der Waals surface area (Å²) in [4.78, 5) is 4.02. The first kappa shape index (κ1) is 9.55. The van der Waals surface area contributed by atoms with Crippen molar-refractivity contribution < 1.29 is 4.39 Å². The summed E-state index contributed by atoms with van der Waals surface area (Å²) in [5, 5.41) is 4.17. The molecule has 0 saturated carbocycles. The number of pyridine rings is 1. The minimum absolute atomic E-state index is 0.230. The molecule has 0 aliphatic rings. The van der Waals surface area contributed by atoms with E-state index in [1.807, 2.05) is 18.2 Å². The fraction of sp³-hybridized carbons (Fsp3) is 0. The van der Waals surface area contributed by atoms with Gasteiger partial charge in [-0.2, -0.15) is 0 Å². The maximum atomic E-state index is 13.1. The van der Waals surface area contributed by atoms with Gasteiger partial charge < -0.3 is 0 Å².